The number of nitrogens with zero attached hydrogens (tertiary/aromatic N) is 2. The van der Waals surface area contributed by atoms with Crippen LogP contribution in [0.4, 0.5) is 0 Å². The number of benzene rings is 1. The summed E-state index contributed by atoms with van der Waals surface area (Å²) in [6.45, 7) is 0. The molecular weight excluding hydrogens is 256 g/mol. The van der Waals surface area contributed by atoms with Crippen LogP contribution in [0, 0.1) is 0 Å². The summed E-state index contributed by atoms with van der Waals surface area (Å²) in [5, 5.41) is 7.81. The Morgan fingerprint density at radius 1 is 1.13 bits per heavy atom. The molecule has 0 radical (unpaired) electrons. The van der Waals surface area contributed by atoms with E-state index >= 15 is 0 Å². The summed E-state index contributed by atoms with van der Waals surface area (Å²) in [5.41, 5.74) is 0.814. The van der Waals surface area contributed by atoms with E-state index in [-0.39, 0.29) is 5.28 Å². The van der Waals surface area contributed by atoms with E-state index in [9.17, 15) is 0 Å². The van der Waals surface area contributed by atoms with Gasteiger partial charge < -0.3 is 0 Å². The molecule has 6 heteroatoms. The van der Waals surface area contributed by atoms with Gasteiger partial charge in [0.1, 0.15) is 5.82 Å². The molecule has 1 N–H and O–H groups in total. The summed E-state index contributed by atoms with van der Waals surface area (Å²) in [5.74, 6) is 0.634. The lowest BCUT2D eigenvalue weighted by Crippen LogP contribution is -1.93. The zero-order chi connectivity index (χ0) is 10.8. The number of hydrogen-bond acceptors (Lipinski definition) is 2. The average molecular weight is 263 g/mol. The standard InChI is InChI=1S/C9H6Cl3N3/c10-6-2-1-3-7(11)5(6)4-8-13-9(12)15-14-8/h1-3H,4H2,(H,13,14,15). The Bertz CT molecular complexity index is 461. The molecule has 0 aliphatic rings. The van der Waals surface area contributed by atoms with Crippen molar-refractivity contribution in [3.63, 3.8) is 0 Å². The predicted octanol–water partition coefficient (Wildman–Crippen LogP) is 3.36. The van der Waals surface area contributed by atoms with Gasteiger partial charge in [0.2, 0.25) is 5.28 Å². The van der Waals surface area contributed by atoms with Crippen LogP contribution in [-0.2, 0) is 6.42 Å². The molecular formula is C9H6Cl3N3. The van der Waals surface area contributed by atoms with Gasteiger partial charge in [-0.25, -0.2) is 4.98 Å². The van der Waals surface area contributed by atoms with E-state index in [0.717, 1.165) is 5.56 Å². The molecule has 78 valence electrons. The van der Waals surface area contributed by atoms with Gasteiger partial charge in [-0.2, -0.15) is 0 Å². The maximum absolute atomic E-state index is 6.01. The molecule has 0 amide bonds. The van der Waals surface area contributed by atoms with E-state index in [2.05, 4.69) is 15.2 Å². The molecule has 1 aromatic carbocycles. The molecule has 1 heterocycles. The van der Waals surface area contributed by atoms with Crippen LogP contribution in [0.25, 0.3) is 0 Å². The molecule has 3 nitrogen and oxygen atoms in total. The number of nitrogens with one attached hydrogen (secondary N) is 1. The second-order valence-electron chi connectivity index (χ2n) is 2.93. The monoisotopic (exact) mass is 261 g/mol. The SMILES string of the molecule is Clc1n[nH]c(Cc2c(Cl)cccc2Cl)n1. The molecule has 0 atom stereocenters. The molecule has 0 aliphatic carbocycles. The molecule has 1 aromatic heterocycles. The van der Waals surface area contributed by atoms with Gasteiger partial charge in [0.15, 0.2) is 0 Å². The Kier molecular flexibility index (Phi) is 3.14. The van der Waals surface area contributed by atoms with Crippen LogP contribution in [0.1, 0.15) is 11.4 Å². The highest BCUT2D eigenvalue weighted by Crippen LogP contribution is 2.25. The lowest BCUT2D eigenvalue weighted by Gasteiger charge is -2.03. The lowest BCUT2D eigenvalue weighted by molar-refractivity contribution is 0.972. The van der Waals surface area contributed by atoms with Crippen LogP contribution in [0.2, 0.25) is 15.3 Å². The normalized spacial score (nSPS) is 10.6. The van der Waals surface area contributed by atoms with Crippen LogP contribution < -0.4 is 0 Å². The van der Waals surface area contributed by atoms with Gasteiger partial charge in [-0.1, -0.05) is 29.3 Å². The highest BCUT2D eigenvalue weighted by molar-refractivity contribution is 6.36. The third-order valence-electron chi connectivity index (χ3n) is 1.91. The van der Waals surface area contributed by atoms with Crippen molar-refractivity contribution >= 4 is 34.8 Å². The number of aromatic nitrogens is 3. The van der Waals surface area contributed by atoms with Crippen LogP contribution in [-0.4, -0.2) is 15.2 Å². The van der Waals surface area contributed by atoms with Crippen LogP contribution in [0.15, 0.2) is 18.2 Å². The fourth-order valence-corrected chi connectivity index (χ4v) is 1.90. The van der Waals surface area contributed by atoms with Gasteiger partial charge in [-0.05, 0) is 29.3 Å². The molecule has 0 aliphatic heterocycles. The molecule has 0 saturated heterocycles. The molecule has 2 aromatic rings. The summed E-state index contributed by atoms with van der Waals surface area (Å²) >= 11 is 17.6. The fourth-order valence-electron chi connectivity index (χ4n) is 1.22. The first-order valence-corrected chi connectivity index (χ1v) is 5.30. The van der Waals surface area contributed by atoms with Crippen molar-refractivity contribution in [2.75, 3.05) is 0 Å². The van der Waals surface area contributed by atoms with Crippen molar-refractivity contribution in [2.45, 2.75) is 6.42 Å². The van der Waals surface area contributed by atoms with Crippen molar-refractivity contribution in [3.05, 3.63) is 44.9 Å². The average Bonchev–Trinajstić information content (AvgIpc) is 2.58. The number of rotatable bonds is 2. The van der Waals surface area contributed by atoms with Crippen molar-refractivity contribution in [1.29, 1.82) is 0 Å². The number of halogens is 3. The van der Waals surface area contributed by atoms with Crippen LogP contribution >= 0.6 is 34.8 Å². The largest absolute Gasteiger partial charge is 0.261 e. The minimum absolute atomic E-state index is 0.188. The highest BCUT2D eigenvalue weighted by Gasteiger charge is 2.09. The van der Waals surface area contributed by atoms with Gasteiger partial charge in [0.25, 0.3) is 0 Å². The van der Waals surface area contributed by atoms with Gasteiger partial charge >= 0.3 is 0 Å². The molecule has 0 fully saturated rings. The molecule has 0 saturated carbocycles. The van der Waals surface area contributed by atoms with Gasteiger partial charge in [0, 0.05) is 16.5 Å². The summed E-state index contributed by atoms with van der Waals surface area (Å²) in [6.07, 6.45) is 0.484. The van der Waals surface area contributed by atoms with E-state index in [1.54, 1.807) is 18.2 Å². The first-order chi connectivity index (χ1) is 7.16. The minimum atomic E-state index is 0.188. The fraction of sp³-hybridized carbons (Fsp3) is 0.111. The first-order valence-electron chi connectivity index (χ1n) is 4.16. The first kappa shape index (κ1) is 10.7. The third-order valence-corrected chi connectivity index (χ3v) is 2.79. The zero-order valence-electron chi connectivity index (χ0n) is 7.47. The number of aromatic amines is 1. The van der Waals surface area contributed by atoms with Crippen molar-refractivity contribution in [2.24, 2.45) is 0 Å². The minimum Gasteiger partial charge on any atom is -0.261 e. The Hall–Kier alpha value is -0.770. The Morgan fingerprint density at radius 3 is 2.33 bits per heavy atom. The van der Waals surface area contributed by atoms with Crippen LogP contribution in [0.5, 0.6) is 0 Å². The van der Waals surface area contributed by atoms with Crippen molar-refractivity contribution in [1.82, 2.24) is 15.2 Å². The maximum atomic E-state index is 6.01. The Morgan fingerprint density at radius 2 is 1.80 bits per heavy atom. The summed E-state index contributed by atoms with van der Waals surface area (Å²) in [4.78, 5) is 3.97. The topological polar surface area (TPSA) is 41.6 Å². The second kappa shape index (κ2) is 4.39. The molecule has 2 rings (SSSR count). The van der Waals surface area contributed by atoms with E-state index < -0.39 is 0 Å². The third kappa shape index (κ3) is 2.43. The van der Waals surface area contributed by atoms with E-state index in [1.165, 1.54) is 0 Å². The maximum Gasteiger partial charge on any atom is 0.242 e. The van der Waals surface area contributed by atoms with Crippen molar-refractivity contribution < 1.29 is 0 Å². The predicted molar refractivity (Wildman–Crippen MR) is 60.7 cm³/mol. The lowest BCUT2D eigenvalue weighted by atomic mass is 10.1. The summed E-state index contributed by atoms with van der Waals surface area (Å²) in [7, 11) is 0. The van der Waals surface area contributed by atoms with Crippen molar-refractivity contribution in [3.8, 4) is 0 Å². The quantitative estimate of drug-likeness (QED) is 0.902. The summed E-state index contributed by atoms with van der Waals surface area (Å²) in [6, 6.07) is 5.35. The second-order valence-corrected chi connectivity index (χ2v) is 4.08. The molecule has 0 unspecified atom stereocenters. The van der Waals surface area contributed by atoms with E-state index in [0.29, 0.717) is 22.3 Å². The molecule has 15 heavy (non-hydrogen) atoms. The van der Waals surface area contributed by atoms with E-state index in [1.807, 2.05) is 0 Å². The van der Waals surface area contributed by atoms with E-state index in [4.69, 9.17) is 34.8 Å². The zero-order valence-corrected chi connectivity index (χ0v) is 9.74. The highest BCUT2D eigenvalue weighted by atomic mass is 35.5. The molecule has 0 bridgehead atoms. The Labute approximate surface area is 101 Å². The van der Waals surface area contributed by atoms with Gasteiger partial charge in [-0.15, -0.1) is 5.10 Å². The smallest absolute Gasteiger partial charge is 0.242 e. The van der Waals surface area contributed by atoms with Crippen LogP contribution in [0.3, 0.4) is 0 Å². The number of H-pyrrole nitrogens is 1. The van der Waals surface area contributed by atoms with Gasteiger partial charge in [0.05, 0.1) is 0 Å². The van der Waals surface area contributed by atoms with Gasteiger partial charge in [-0.3, -0.25) is 5.10 Å². The number of hydrogen-bond donors (Lipinski definition) is 1. The Balaban J connectivity index is 2.31. The molecule has 0 spiro atoms. The summed E-state index contributed by atoms with van der Waals surface area (Å²) < 4.78 is 0.